The lowest BCUT2D eigenvalue weighted by Crippen LogP contribution is -2.24. The molecule has 0 saturated carbocycles. The Bertz CT molecular complexity index is 463. The quantitative estimate of drug-likeness (QED) is 0.355. The fourth-order valence-corrected chi connectivity index (χ4v) is 0.962. The molecule has 0 heterocycles. The van der Waals surface area contributed by atoms with Crippen molar-refractivity contribution in [2.45, 2.75) is 0 Å². The molecule has 16 heavy (non-hydrogen) atoms. The third-order valence-electron chi connectivity index (χ3n) is 1.57. The lowest BCUT2D eigenvalue weighted by atomic mass is 10.2. The van der Waals surface area contributed by atoms with Gasteiger partial charge in [0.2, 0.25) is 0 Å². The summed E-state index contributed by atoms with van der Waals surface area (Å²) in [6.45, 7) is 0. The first-order valence-corrected chi connectivity index (χ1v) is 4.44. The molecule has 1 aromatic carbocycles. The molecule has 0 saturated heterocycles. The van der Waals surface area contributed by atoms with Crippen LogP contribution in [0, 0.1) is 15.9 Å². The van der Waals surface area contributed by atoms with Crippen LogP contribution in [0.3, 0.4) is 0 Å². The molecule has 1 rings (SSSR count). The zero-order valence-corrected chi connectivity index (χ0v) is 8.70. The van der Waals surface area contributed by atoms with Crippen LogP contribution < -0.4 is 11.2 Å². The minimum absolute atomic E-state index is 0.0297. The summed E-state index contributed by atoms with van der Waals surface area (Å²) in [5.74, 6) is -0.626. The Morgan fingerprint density at radius 3 is 2.94 bits per heavy atom. The number of thiocarbonyl (C=S) groups is 1. The van der Waals surface area contributed by atoms with Crippen molar-refractivity contribution in [1.82, 2.24) is 5.43 Å². The summed E-state index contributed by atoms with van der Waals surface area (Å²) in [6.07, 6.45) is 1.06. The van der Waals surface area contributed by atoms with Gasteiger partial charge >= 0.3 is 0 Å². The number of hydrogen-bond acceptors (Lipinski definition) is 4. The van der Waals surface area contributed by atoms with Gasteiger partial charge in [-0.3, -0.25) is 15.5 Å². The predicted molar refractivity (Wildman–Crippen MR) is 60.6 cm³/mol. The fourth-order valence-electron chi connectivity index (χ4n) is 0.909. The van der Waals surface area contributed by atoms with Crippen molar-refractivity contribution >= 4 is 29.2 Å². The maximum absolute atomic E-state index is 13.2. The van der Waals surface area contributed by atoms with Crippen LogP contribution in [0.4, 0.5) is 10.1 Å². The molecule has 0 amide bonds. The highest BCUT2D eigenvalue weighted by Crippen LogP contribution is 2.14. The molecule has 0 spiro atoms. The van der Waals surface area contributed by atoms with Gasteiger partial charge in [0.05, 0.1) is 11.1 Å². The molecule has 0 unspecified atom stereocenters. The first kappa shape index (κ1) is 12.0. The minimum atomic E-state index is -0.627. The summed E-state index contributed by atoms with van der Waals surface area (Å²) in [6, 6.07) is 3.11. The molecule has 3 N–H and O–H groups in total. The molecule has 0 aliphatic carbocycles. The summed E-state index contributed by atoms with van der Waals surface area (Å²) >= 11 is 4.46. The van der Waals surface area contributed by atoms with Crippen molar-refractivity contribution in [1.29, 1.82) is 0 Å². The smallest absolute Gasteiger partial charge is 0.270 e. The van der Waals surface area contributed by atoms with Crippen LogP contribution in [0.15, 0.2) is 23.3 Å². The number of rotatable bonds is 3. The van der Waals surface area contributed by atoms with E-state index in [4.69, 9.17) is 5.73 Å². The zero-order chi connectivity index (χ0) is 12.1. The second-order valence-electron chi connectivity index (χ2n) is 2.70. The predicted octanol–water partition coefficient (Wildman–Crippen LogP) is 0.901. The van der Waals surface area contributed by atoms with E-state index in [0.717, 1.165) is 24.4 Å². The van der Waals surface area contributed by atoms with Crippen molar-refractivity contribution in [3.8, 4) is 0 Å². The van der Waals surface area contributed by atoms with E-state index in [-0.39, 0.29) is 16.4 Å². The number of benzene rings is 1. The number of nitro groups is 1. The van der Waals surface area contributed by atoms with Crippen LogP contribution >= 0.6 is 12.2 Å². The van der Waals surface area contributed by atoms with E-state index in [1.54, 1.807) is 0 Å². The molecule has 6 nitrogen and oxygen atoms in total. The van der Waals surface area contributed by atoms with E-state index >= 15 is 0 Å². The Hall–Kier alpha value is -2.09. The van der Waals surface area contributed by atoms with Gasteiger partial charge in [0.15, 0.2) is 5.11 Å². The Morgan fingerprint density at radius 2 is 2.38 bits per heavy atom. The Morgan fingerprint density at radius 1 is 1.69 bits per heavy atom. The molecule has 8 heteroatoms. The van der Waals surface area contributed by atoms with Gasteiger partial charge in [-0.15, -0.1) is 0 Å². The van der Waals surface area contributed by atoms with Gasteiger partial charge in [0.1, 0.15) is 5.82 Å². The van der Waals surface area contributed by atoms with E-state index in [0.29, 0.717) is 0 Å². The number of nitrogens with one attached hydrogen (secondary N) is 1. The summed E-state index contributed by atoms with van der Waals surface area (Å²) < 4.78 is 13.2. The number of nitrogens with zero attached hydrogens (tertiary/aromatic N) is 2. The highest BCUT2D eigenvalue weighted by atomic mass is 32.1. The molecule has 0 radical (unpaired) electrons. The van der Waals surface area contributed by atoms with Crippen LogP contribution in [0.5, 0.6) is 0 Å². The second-order valence-corrected chi connectivity index (χ2v) is 3.14. The van der Waals surface area contributed by atoms with Crippen LogP contribution in [-0.2, 0) is 0 Å². The van der Waals surface area contributed by atoms with Crippen LogP contribution in [0.25, 0.3) is 0 Å². The number of hydrogen-bond donors (Lipinski definition) is 2. The lowest BCUT2D eigenvalue weighted by Gasteiger charge is -1.97. The second kappa shape index (κ2) is 5.12. The zero-order valence-electron chi connectivity index (χ0n) is 7.88. The fraction of sp³-hybridized carbons (Fsp3) is 0. The van der Waals surface area contributed by atoms with Crippen LogP contribution in [0.2, 0.25) is 0 Å². The summed E-state index contributed by atoms with van der Waals surface area (Å²) in [7, 11) is 0. The Balaban J connectivity index is 2.94. The molecule has 0 aromatic heterocycles. The molecule has 84 valence electrons. The average Bonchev–Trinajstić information content (AvgIpc) is 2.20. The normalized spacial score (nSPS) is 10.3. The molecule has 0 bridgehead atoms. The standard InChI is InChI=1S/C8H7FN4O2S/c9-7-2-1-6(13(14)15)3-5(7)4-11-12-8(10)16/h1-4H,(H3,10,12,16). The largest absolute Gasteiger partial charge is 0.375 e. The average molecular weight is 242 g/mol. The van der Waals surface area contributed by atoms with E-state index in [1.165, 1.54) is 0 Å². The van der Waals surface area contributed by atoms with Gasteiger partial charge in [-0.05, 0) is 18.3 Å². The van der Waals surface area contributed by atoms with E-state index in [1.807, 2.05) is 0 Å². The Labute approximate surface area is 95.1 Å². The van der Waals surface area contributed by atoms with Crippen LogP contribution in [0.1, 0.15) is 5.56 Å². The van der Waals surface area contributed by atoms with Crippen LogP contribution in [-0.4, -0.2) is 16.3 Å². The summed E-state index contributed by atoms with van der Waals surface area (Å²) in [5.41, 5.74) is 7.04. The number of nitrogens with two attached hydrogens (primary N) is 1. The third kappa shape index (κ3) is 3.24. The molecule has 0 aliphatic heterocycles. The highest BCUT2D eigenvalue weighted by Gasteiger charge is 2.08. The summed E-state index contributed by atoms with van der Waals surface area (Å²) in [5, 5.41) is 13.8. The Kier molecular flexibility index (Phi) is 3.84. The molecule has 0 fully saturated rings. The lowest BCUT2D eigenvalue weighted by molar-refractivity contribution is -0.384. The summed E-state index contributed by atoms with van der Waals surface area (Å²) in [4.78, 5) is 9.80. The van der Waals surface area contributed by atoms with Crippen molar-refractivity contribution < 1.29 is 9.31 Å². The number of nitro benzene ring substituents is 1. The van der Waals surface area contributed by atoms with E-state index < -0.39 is 10.7 Å². The van der Waals surface area contributed by atoms with Gasteiger partial charge < -0.3 is 5.73 Å². The molecular weight excluding hydrogens is 235 g/mol. The minimum Gasteiger partial charge on any atom is -0.375 e. The third-order valence-corrected chi connectivity index (χ3v) is 1.66. The van der Waals surface area contributed by atoms with Gasteiger partial charge in [0, 0.05) is 17.7 Å². The molecular formula is C8H7FN4O2S. The van der Waals surface area contributed by atoms with Crippen molar-refractivity contribution in [2.75, 3.05) is 0 Å². The van der Waals surface area contributed by atoms with Gasteiger partial charge in [-0.25, -0.2) is 4.39 Å². The van der Waals surface area contributed by atoms with Crippen molar-refractivity contribution in [3.63, 3.8) is 0 Å². The SMILES string of the molecule is NC(=S)NN=Cc1cc([N+](=O)[O-])ccc1F. The van der Waals surface area contributed by atoms with E-state index in [9.17, 15) is 14.5 Å². The van der Waals surface area contributed by atoms with Crippen molar-refractivity contribution in [2.24, 2.45) is 10.8 Å². The first-order chi connectivity index (χ1) is 7.50. The van der Waals surface area contributed by atoms with Gasteiger partial charge in [-0.1, -0.05) is 0 Å². The molecule has 1 aromatic rings. The monoisotopic (exact) mass is 242 g/mol. The first-order valence-electron chi connectivity index (χ1n) is 4.03. The number of non-ortho nitro benzene ring substituents is 1. The molecule has 0 atom stereocenters. The maximum atomic E-state index is 13.2. The maximum Gasteiger partial charge on any atom is 0.270 e. The van der Waals surface area contributed by atoms with E-state index in [2.05, 4.69) is 22.7 Å². The highest BCUT2D eigenvalue weighted by molar-refractivity contribution is 7.80. The number of hydrazone groups is 1. The van der Waals surface area contributed by atoms with Crippen molar-refractivity contribution in [3.05, 3.63) is 39.7 Å². The number of halogens is 1. The van der Waals surface area contributed by atoms with Gasteiger partial charge in [-0.2, -0.15) is 5.10 Å². The molecule has 0 aliphatic rings. The topological polar surface area (TPSA) is 93.5 Å². The van der Waals surface area contributed by atoms with Gasteiger partial charge in [0.25, 0.3) is 5.69 Å².